The van der Waals surface area contributed by atoms with Gasteiger partial charge in [-0.1, -0.05) is 6.07 Å². The first-order chi connectivity index (χ1) is 15.3. The number of rotatable bonds is 4. The molecule has 1 saturated heterocycles. The summed E-state index contributed by atoms with van der Waals surface area (Å²) < 4.78 is 15.1. The smallest absolute Gasteiger partial charge is 0.277 e. The molecule has 162 valence electrons. The molecule has 3 amide bonds. The first kappa shape index (κ1) is 19.9. The van der Waals surface area contributed by atoms with Gasteiger partial charge in [-0.05, 0) is 55.3 Å². The number of amides is 3. The summed E-state index contributed by atoms with van der Waals surface area (Å²) in [4.78, 5) is 40.6. The van der Waals surface area contributed by atoms with E-state index in [1.807, 2.05) is 25.1 Å². The van der Waals surface area contributed by atoms with E-state index in [9.17, 15) is 18.8 Å². The lowest BCUT2D eigenvalue weighted by molar-refractivity contribution is -0.122. The Morgan fingerprint density at radius 2 is 1.81 bits per heavy atom. The minimum absolute atomic E-state index is 0.0145. The maximum atomic E-state index is 13.9. The summed E-state index contributed by atoms with van der Waals surface area (Å²) in [7, 11) is 0. The SMILES string of the molecule is Cc1cc(N2CCC2=O)ccc1N1CCc2c(C(N)=O)nn(-c3cccc(F)c3)c2C1=O. The van der Waals surface area contributed by atoms with E-state index in [-0.39, 0.29) is 23.2 Å². The zero-order valence-corrected chi connectivity index (χ0v) is 17.3. The van der Waals surface area contributed by atoms with Gasteiger partial charge >= 0.3 is 0 Å². The number of halogens is 1. The number of hydrogen-bond donors (Lipinski definition) is 1. The molecule has 0 saturated carbocycles. The van der Waals surface area contributed by atoms with Crippen LogP contribution in [0.25, 0.3) is 5.69 Å². The first-order valence-corrected chi connectivity index (χ1v) is 10.3. The number of aromatic nitrogens is 2. The number of hydrogen-bond acceptors (Lipinski definition) is 4. The second-order valence-electron chi connectivity index (χ2n) is 7.90. The van der Waals surface area contributed by atoms with Crippen LogP contribution in [0, 0.1) is 12.7 Å². The summed E-state index contributed by atoms with van der Waals surface area (Å²) in [5, 5.41) is 4.25. The highest BCUT2D eigenvalue weighted by atomic mass is 19.1. The van der Waals surface area contributed by atoms with E-state index in [4.69, 9.17) is 5.73 Å². The normalized spacial score (nSPS) is 15.6. The molecule has 0 atom stereocenters. The monoisotopic (exact) mass is 433 g/mol. The fourth-order valence-electron chi connectivity index (χ4n) is 4.28. The maximum Gasteiger partial charge on any atom is 0.277 e. The van der Waals surface area contributed by atoms with Crippen molar-refractivity contribution in [1.82, 2.24) is 9.78 Å². The lowest BCUT2D eigenvalue weighted by atomic mass is 10.0. The summed E-state index contributed by atoms with van der Waals surface area (Å²) in [5.41, 5.74) is 8.83. The summed E-state index contributed by atoms with van der Waals surface area (Å²) in [6.07, 6.45) is 0.918. The predicted octanol–water partition coefficient (Wildman–Crippen LogP) is 2.36. The topological polar surface area (TPSA) is 102 Å². The fourth-order valence-corrected chi connectivity index (χ4v) is 4.28. The highest BCUT2D eigenvalue weighted by Crippen LogP contribution is 2.33. The molecule has 2 aliphatic heterocycles. The molecule has 1 aromatic heterocycles. The summed E-state index contributed by atoms with van der Waals surface area (Å²) in [5.74, 6) is -1.50. The van der Waals surface area contributed by atoms with Crippen LogP contribution >= 0.6 is 0 Å². The highest BCUT2D eigenvalue weighted by Gasteiger charge is 2.35. The molecule has 5 rings (SSSR count). The number of fused-ring (bicyclic) bond motifs is 1. The fraction of sp³-hybridized carbons (Fsp3) is 0.217. The molecule has 0 spiro atoms. The Morgan fingerprint density at radius 3 is 2.44 bits per heavy atom. The molecule has 3 heterocycles. The van der Waals surface area contributed by atoms with Crippen LogP contribution in [0.15, 0.2) is 42.5 Å². The van der Waals surface area contributed by atoms with Gasteiger partial charge in [-0.15, -0.1) is 0 Å². The van der Waals surface area contributed by atoms with Gasteiger partial charge in [-0.2, -0.15) is 5.10 Å². The van der Waals surface area contributed by atoms with Gasteiger partial charge in [0.25, 0.3) is 11.8 Å². The lowest BCUT2D eigenvalue weighted by Crippen LogP contribution is -2.43. The van der Waals surface area contributed by atoms with Gasteiger partial charge in [0.2, 0.25) is 5.91 Å². The molecule has 0 bridgehead atoms. The highest BCUT2D eigenvalue weighted by molar-refractivity contribution is 6.10. The van der Waals surface area contributed by atoms with Gasteiger partial charge < -0.3 is 15.5 Å². The number of primary amides is 1. The van der Waals surface area contributed by atoms with Crippen LogP contribution in [0.4, 0.5) is 15.8 Å². The predicted molar refractivity (Wildman–Crippen MR) is 116 cm³/mol. The second kappa shape index (κ2) is 7.30. The van der Waals surface area contributed by atoms with Crippen molar-refractivity contribution in [1.29, 1.82) is 0 Å². The lowest BCUT2D eigenvalue weighted by Gasteiger charge is -2.33. The Morgan fingerprint density at radius 1 is 1.03 bits per heavy atom. The van der Waals surface area contributed by atoms with Crippen molar-refractivity contribution in [2.75, 3.05) is 22.9 Å². The number of nitrogens with zero attached hydrogens (tertiary/aromatic N) is 4. The van der Waals surface area contributed by atoms with E-state index in [0.29, 0.717) is 42.9 Å². The molecule has 0 radical (unpaired) electrons. The Labute approximate surface area is 183 Å². The maximum absolute atomic E-state index is 13.9. The van der Waals surface area contributed by atoms with Gasteiger partial charge in [0, 0.05) is 36.4 Å². The van der Waals surface area contributed by atoms with E-state index in [2.05, 4.69) is 5.10 Å². The minimum atomic E-state index is -0.739. The largest absolute Gasteiger partial charge is 0.364 e. The van der Waals surface area contributed by atoms with E-state index < -0.39 is 11.7 Å². The third kappa shape index (κ3) is 3.05. The molecule has 2 aliphatic rings. The number of carbonyl (C=O) groups is 3. The van der Waals surface area contributed by atoms with Crippen LogP contribution in [0.3, 0.4) is 0 Å². The molecule has 2 aromatic carbocycles. The van der Waals surface area contributed by atoms with Gasteiger partial charge in [-0.25, -0.2) is 9.07 Å². The zero-order valence-electron chi connectivity index (χ0n) is 17.3. The van der Waals surface area contributed by atoms with E-state index in [1.54, 1.807) is 15.9 Å². The molecule has 9 heteroatoms. The summed E-state index contributed by atoms with van der Waals surface area (Å²) in [6, 6.07) is 11.2. The molecule has 1 fully saturated rings. The number of nitrogens with two attached hydrogens (primary N) is 1. The molecule has 3 aromatic rings. The molecule has 2 N–H and O–H groups in total. The first-order valence-electron chi connectivity index (χ1n) is 10.3. The Bertz CT molecular complexity index is 1300. The van der Waals surface area contributed by atoms with Crippen LogP contribution in [-0.4, -0.2) is 40.6 Å². The van der Waals surface area contributed by atoms with Crippen molar-refractivity contribution >= 4 is 29.1 Å². The average Bonchev–Trinajstić information content (AvgIpc) is 3.14. The Kier molecular flexibility index (Phi) is 4.54. The quantitative estimate of drug-likeness (QED) is 0.638. The van der Waals surface area contributed by atoms with Gasteiger partial charge in [-0.3, -0.25) is 14.4 Å². The molecule has 0 unspecified atom stereocenters. The average molecular weight is 433 g/mol. The van der Waals surface area contributed by atoms with Crippen LogP contribution in [0.2, 0.25) is 0 Å². The van der Waals surface area contributed by atoms with Crippen molar-refractivity contribution in [3.8, 4) is 5.69 Å². The van der Waals surface area contributed by atoms with Gasteiger partial charge in [0.15, 0.2) is 5.69 Å². The van der Waals surface area contributed by atoms with Crippen molar-refractivity contribution in [3.05, 3.63) is 70.8 Å². The van der Waals surface area contributed by atoms with Crippen LogP contribution in [-0.2, 0) is 11.2 Å². The molecule has 32 heavy (non-hydrogen) atoms. The summed E-state index contributed by atoms with van der Waals surface area (Å²) in [6.45, 7) is 2.90. The van der Waals surface area contributed by atoms with Crippen LogP contribution < -0.4 is 15.5 Å². The van der Waals surface area contributed by atoms with E-state index in [1.165, 1.54) is 22.9 Å². The van der Waals surface area contributed by atoms with Crippen molar-refractivity contribution in [2.24, 2.45) is 5.73 Å². The Hall–Kier alpha value is -4.01. The van der Waals surface area contributed by atoms with Crippen molar-refractivity contribution < 1.29 is 18.8 Å². The van der Waals surface area contributed by atoms with Crippen molar-refractivity contribution in [3.63, 3.8) is 0 Å². The van der Waals surface area contributed by atoms with E-state index >= 15 is 0 Å². The molecular weight excluding hydrogens is 413 g/mol. The van der Waals surface area contributed by atoms with E-state index in [0.717, 1.165) is 11.3 Å². The van der Waals surface area contributed by atoms with Gasteiger partial charge in [0.1, 0.15) is 11.5 Å². The second-order valence-corrected chi connectivity index (χ2v) is 7.90. The number of anilines is 2. The standard InChI is InChI=1S/C23H20FN5O3/c1-13-11-15(27-10-8-19(27)30)5-6-18(13)28-9-7-17-20(22(25)31)26-29(21(17)23(28)32)16-4-2-3-14(24)12-16/h2-6,11-12H,7-10H2,1H3,(H2,25,31). The van der Waals surface area contributed by atoms with Crippen LogP contribution in [0.1, 0.15) is 38.5 Å². The van der Waals surface area contributed by atoms with Crippen molar-refractivity contribution in [2.45, 2.75) is 19.8 Å². The van der Waals surface area contributed by atoms with Gasteiger partial charge in [0.05, 0.1) is 5.69 Å². The molecule has 0 aliphatic carbocycles. The third-order valence-electron chi connectivity index (χ3n) is 5.94. The Balaban J connectivity index is 1.57. The number of benzene rings is 2. The van der Waals surface area contributed by atoms with Crippen LogP contribution in [0.5, 0.6) is 0 Å². The number of carbonyl (C=O) groups excluding carboxylic acids is 3. The molecule has 8 nitrogen and oxygen atoms in total. The molecular formula is C23H20FN5O3. The summed E-state index contributed by atoms with van der Waals surface area (Å²) >= 11 is 0. The third-order valence-corrected chi connectivity index (χ3v) is 5.94. The minimum Gasteiger partial charge on any atom is -0.364 e. The zero-order chi connectivity index (χ0) is 22.6. The number of aryl methyl sites for hydroxylation is 1. The number of β-lactam (4-membered cyclic amide) rings is 1.